The lowest BCUT2D eigenvalue weighted by atomic mass is 10.3. The van der Waals surface area contributed by atoms with Crippen molar-refractivity contribution in [2.24, 2.45) is 0 Å². The quantitative estimate of drug-likeness (QED) is 0.560. The van der Waals surface area contributed by atoms with E-state index >= 15 is 0 Å². The summed E-state index contributed by atoms with van der Waals surface area (Å²) in [5, 5.41) is 4.69. The minimum absolute atomic E-state index is 0.0428. The average Bonchev–Trinajstić information content (AvgIpc) is 3.33. The van der Waals surface area contributed by atoms with Crippen LogP contribution < -0.4 is 5.32 Å². The zero-order chi connectivity index (χ0) is 19.9. The highest BCUT2D eigenvalue weighted by Crippen LogP contribution is 2.20. The van der Waals surface area contributed by atoms with Gasteiger partial charge in [0.05, 0.1) is 22.5 Å². The summed E-state index contributed by atoms with van der Waals surface area (Å²) in [5.74, 6) is 0.0313. The van der Waals surface area contributed by atoms with E-state index in [2.05, 4.69) is 10.3 Å². The van der Waals surface area contributed by atoms with Crippen molar-refractivity contribution in [3.05, 3.63) is 46.7 Å². The van der Waals surface area contributed by atoms with Gasteiger partial charge in [-0.1, -0.05) is 18.2 Å². The first kappa shape index (κ1) is 20.0. The molecule has 0 saturated heterocycles. The molecule has 2 aromatic heterocycles. The Balaban J connectivity index is 1.70. The molecule has 2 heterocycles. The molecule has 0 bridgehead atoms. The highest BCUT2D eigenvalue weighted by Gasteiger charge is 2.18. The van der Waals surface area contributed by atoms with Crippen molar-refractivity contribution in [3.63, 3.8) is 0 Å². The fraction of sp³-hybridized carbons (Fsp3) is 0.350. The van der Waals surface area contributed by atoms with E-state index in [1.165, 1.54) is 16.2 Å². The maximum absolute atomic E-state index is 12.5. The maximum Gasteiger partial charge on any atom is 0.264 e. The van der Waals surface area contributed by atoms with Gasteiger partial charge in [0, 0.05) is 26.8 Å². The lowest BCUT2D eigenvalue weighted by Crippen LogP contribution is -2.35. The molecule has 0 aliphatic rings. The molecular formula is C20H24N4O3S. The van der Waals surface area contributed by atoms with E-state index in [0.717, 1.165) is 17.5 Å². The van der Waals surface area contributed by atoms with Crippen molar-refractivity contribution in [1.29, 1.82) is 0 Å². The molecule has 7 nitrogen and oxygen atoms in total. The Kier molecular flexibility index (Phi) is 6.78. The van der Waals surface area contributed by atoms with Gasteiger partial charge in [-0.15, -0.1) is 11.3 Å². The first-order valence-corrected chi connectivity index (χ1v) is 10.1. The summed E-state index contributed by atoms with van der Waals surface area (Å²) in [5.41, 5.74) is 1.77. The Labute approximate surface area is 167 Å². The summed E-state index contributed by atoms with van der Waals surface area (Å²) in [6.45, 7) is 3.93. The van der Waals surface area contributed by atoms with E-state index in [1.54, 1.807) is 13.1 Å². The number of carbonyl (C=O) groups excluding carboxylic acids is 2. The summed E-state index contributed by atoms with van der Waals surface area (Å²) in [7, 11) is 1.62. The third-order valence-electron chi connectivity index (χ3n) is 4.24. The molecule has 148 valence electrons. The number of rotatable bonds is 9. The number of aryl methyl sites for hydroxylation is 1. The maximum atomic E-state index is 12.5. The van der Waals surface area contributed by atoms with Crippen LogP contribution in [-0.2, 0) is 16.1 Å². The Hall–Kier alpha value is -2.71. The number of nitrogens with one attached hydrogen (secondary N) is 1. The average molecular weight is 401 g/mol. The SMILES string of the molecule is CCOCCCn1c(NC(=O)CN(C)C(=O)c2cccs2)nc2ccccc21. The lowest BCUT2D eigenvalue weighted by Gasteiger charge is -2.16. The standard InChI is InChI=1S/C20H24N4O3S/c1-3-27-12-7-11-24-16-9-5-4-8-15(16)21-20(24)22-18(25)14-23(2)19(26)17-10-6-13-28-17/h4-6,8-10,13H,3,7,11-12,14H2,1-2H3,(H,21,22,25). The number of para-hydroxylation sites is 2. The van der Waals surface area contributed by atoms with Gasteiger partial charge in [0.1, 0.15) is 0 Å². The molecule has 0 radical (unpaired) electrons. The van der Waals surface area contributed by atoms with E-state index < -0.39 is 0 Å². The Morgan fingerprint density at radius 1 is 1.25 bits per heavy atom. The van der Waals surface area contributed by atoms with E-state index in [0.29, 0.717) is 30.6 Å². The van der Waals surface area contributed by atoms with Gasteiger partial charge in [-0.2, -0.15) is 0 Å². The number of hydrogen-bond donors (Lipinski definition) is 1. The first-order valence-electron chi connectivity index (χ1n) is 9.22. The summed E-state index contributed by atoms with van der Waals surface area (Å²) in [6.07, 6.45) is 0.813. The monoisotopic (exact) mass is 400 g/mol. The highest BCUT2D eigenvalue weighted by molar-refractivity contribution is 7.12. The van der Waals surface area contributed by atoms with E-state index in [1.807, 2.05) is 47.2 Å². The largest absolute Gasteiger partial charge is 0.382 e. The smallest absolute Gasteiger partial charge is 0.264 e. The van der Waals surface area contributed by atoms with Crippen LogP contribution >= 0.6 is 11.3 Å². The Morgan fingerprint density at radius 2 is 2.07 bits per heavy atom. The number of anilines is 1. The minimum atomic E-state index is -0.284. The molecule has 3 aromatic rings. The number of hydrogen-bond acceptors (Lipinski definition) is 5. The Bertz CT molecular complexity index is 936. The van der Waals surface area contributed by atoms with Gasteiger partial charge in [0.25, 0.3) is 5.91 Å². The number of amides is 2. The number of imidazole rings is 1. The predicted molar refractivity (Wildman–Crippen MR) is 111 cm³/mol. The van der Waals surface area contributed by atoms with Crippen LogP contribution in [0.1, 0.15) is 23.0 Å². The molecule has 0 unspecified atom stereocenters. The summed E-state index contributed by atoms with van der Waals surface area (Å²) >= 11 is 1.36. The number of nitrogens with zero attached hydrogens (tertiary/aromatic N) is 3. The van der Waals surface area contributed by atoms with Gasteiger partial charge in [0.15, 0.2) is 0 Å². The zero-order valence-corrected chi connectivity index (χ0v) is 16.9. The third kappa shape index (κ3) is 4.76. The molecule has 0 saturated carbocycles. The fourth-order valence-corrected chi connectivity index (χ4v) is 3.62. The number of benzene rings is 1. The number of aromatic nitrogens is 2. The molecular weight excluding hydrogens is 376 g/mol. The minimum Gasteiger partial charge on any atom is -0.382 e. The molecule has 0 spiro atoms. The number of fused-ring (bicyclic) bond motifs is 1. The normalized spacial score (nSPS) is 10.9. The highest BCUT2D eigenvalue weighted by atomic mass is 32.1. The van der Waals surface area contributed by atoms with Crippen molar-refractivity contribution >= 4 is 40.1 Å². The summed E-state index contributed by atoms with van der Waals surface area (Å²) in [4.78, 5) is 31.4. The van der Waals surface area contributed by atoms with Crippen molar-refractivity contribution < 1.29 is 14.3 Å². The fourth-order valence-electron chi connectivity index (χ4n) is 2.91. The molecule has 0 fully saturated rings. The van der Waals surface area contributed by atoms with Crippen LogP contribution in [0.25, 0.3) is 11.0 Å². The molecule has 0 aliphatic carbocycles. The second-order valence-electron chi connectivity index (χ2n) is 6.31. The van der Waals surface area contributed by atoms with Crippen molar-refractivity contribution in [2.45, 2.75) is 19.9 Å². The number of likely N-dealkylation sites (N-methyl/N-ethyl adjacent to an activating group) is 1. The van der Waals surface area contributed by atoms with Crippen molar-refractivity contribution in [2.75, 3.05) is 32.1 Å². The van der Waals surface area contributed by atoms with Crippen molar-refractivity contribution in [1.82, 2.24) is 14.5 Å². The van der Waals surface area contributed by atoms with Crippen LogP contribution in [0.5, 0.6) is 0 Å². The molecule has 1 aromatic carbocycles. The molecule has 8 heteroatoms. The summed E-state index contributed by atoms with van der Waals surface area (Å²) < 4.78 is 7.39. The topological polar surface area (TPSA) is 76.5 Å². The first-order chi connectivity index (χ1) is 13.6. The molecule has 0 aliphatic heterocycles. The third-order valence-corrected chi connectivity index (χ3v) is 5.10. The van der Waals surface area contributed by atoms with Gasteiger partial charge in [0.2, 0.25) is 11.9 Å². The second-order valence-corrected chi connectivity index (χ2v) is 7.26. The second kappa shape index (κ2) is 9.48. The molecule has 28 heavy (non-hydrogen) atoms. The lowest BCUT2D eigenvalue weighted by molar-refractivity contribution is -0.116. The van der Waals surface area contributed by atoms with Crippen molar-refractivity contribution in [3.8, 4) is 0 Å². The Morgan fingerprint density at radius 3 is 2.82 bits per heavy atom. The van der Waals surface area contributed by atoms with E-state index in [4.69, 9.17) is 4.74 Å². The van der Waals surface area contributed by atoms with Crippen LogP contribution in [0.4, 0.5) is 5.95 Å². The van der Waals surface area contributed by atoms with Gasteiger partial charge in [-0.25, -0.2) is 4.98 Å². The van der Waals surface area contributed by atoms with Gasteiger partial charge < -0.3 is 14.2 Å². The number of thiophene rings is 1. The zero-order valence-electron chi connectivity index (χ0n) is 16.1. The van der Waals surface area contributed by atoms with Crippen LogP contribution in [0.15, 0.2) is 41.8 Å². The summed E-state index contributed by atoms with van der Waals surface area (Å²) in [6, 6.07) is 11.3. The molecule has 0 atom stereocenters. The molecule has 2 amide bonds. The van der Waals surface area contributed by atoms with Gasteiger partial charge in [-0.05, 0) is 36.9 Å². The van der Waals surface area contributed by atoms with E-state index in [9.17, 15) is 9.59 Å². The predicted octanol–water partition coefficient (Wildman–Crippen LogP) is 3.24. The van der Waals surface area contributed by atoms with Gasteiger partial charge >= 0.3 is 0 Å². The van der Waals surface area contributed by atoms with Crippen LogP contribution in [0.3, 0.4) is 0 Å². The van der Waals surface area contributed by atoms with E-state index in [-0.39, 0.29) is 18.4 Å². The van der Waals surface area contributed by atoms with Crippen LogP contribution in [0, 0.1) is 0 Å². The molecule has 1 N–H and O–H groups in total. The van der Waals surface area contributed by atoms with Gasteiger partial charge in [-0.3, -0.25) is 14.9 Å². The van der Waals surface area contributed by atoms with Crippen LogP contribution in [-0.4, -0.2) is 53.1 Å². The number of ether oxygens (including phenoxy) is 1. The molecule has 3 rings (SSSR count). The van der Waals surface area contributed by atoms with Crippen LogP contribution in [0.2, 0.25) is 0 Å². The number of carbonyl (C=O) groups is 2.